The van der Waals surface area contributed by atoms with Crippen LogP contribution in [0.25, 0.3) is 0 Å². The van der Waals surface area contributed by atoms with Crippen molar-refractivity contribution < 1.29 is 9.53 Å². The van der Waals surface area contributed by atoms with Crippen molar-refractivity contribution in [3.63, 3.8) is 0 Å². The number of rotatable bonds is 4. The smallest absolute Gasteiger partial charge is 0.407 e. The van der Waals surface area contributed by atoms with Crippen LogP contribution in [0, 0.1) is 17.8 Å². The molecule has 1 saturated carbocycles. The fourth-order valence-electron chi connectivity index (χ4n) is 1.98. The molecule has 0 aliphatic heterocycles. The van der Waals surface area contributed by atoms with Crippen LogP contribution in [0.4, 0.5) is 4.79 Å². The summed E-state index contributed by atoms with van der Waals surface area (Å²) in [6, 6.07) is 0. The summed E-state index contributed by atoms with van der Waals surface area (Å²) in [5.74, 6) is 2.25. The van der Waals surface area contributed by atoms with Gasteiger partial charge < -0.3 is 10.1 Å². The number of alkyl carbamates (subject to hydrolysis) is 1. The number of amides is 1. The van der Waals surface area contributed by atoms with Crippen molar-refractivity contribution in [3.05, 3.63) is 0 Å². The number of hydrogen-bond donors (Lipinski definition) is 1. The van der Waals surface area contributed by atoms with Gasteiger partial charge in [-0.15, -0.1) is 0 Å². The van der Waals surface area contributed by atoms with Gasteiger partial charge in [-0.05, 0) is 51.4 Å². The van der Waals surface area contributed by atoms with E-state index in [4.69, 9.17) is 4.74 Å². The fraction of sp³-hybridized carbons (Fsp3) is 0.923. The average Bonchev–Trinajstić information content (AvgIpc) is 2.75. The van der Waals surface area contributed by atoms with Crippen LogP contribution < -0.4 is 5.32 Å². The second-order valence-corrected chi connectivity index (χ2v) is 6.27. The standard InChI is InChI=1S/C13H25NO2/c1-9(2)6-10-7-11(10)8-14-12(15)16-13(3,4)5/h9-11H,6-8H2,1-5H3,(H,14,15). The van der Waals surface area contributed by atoms with Gasteiger partial charge in [0.2, 0.25) is 0 Å². The molecule has 0 aromatic rings. The average molecular weight is 227 g/mol. The zero-order valence-corrected chi connectivity index (χ0v) is 11.2. The largest absolute Gasteiger partial charge is 0.444 e. The Morgan fingerprint density at radius 3 is 2.50 bits per heavy atom. The topological polar surface area (TPSA) is 38.3 Å². The van der Waals surface area contributed by atoms with Gasteiger partial charge >= 0.3 is 6.09 Å². The van der Waals surface area contributed by atoms with Crippen molar-refractivity contribution in [1.82, 2.24) is 5.32 Å². The molecule has 16 heavy (non-hydrogen) atoms. The van der Waals surface area contributed by atoms with Gasteiger partial charge in [-0.25, -0.2) is 4.79 Å². The molecule has 0 aromatic carbocycles. The predicted octanol–water partition coefficient (Wildman–Crippen LogP) is 3.19. The Labute approximate surface area is 98.9 Å². The van der Waals surface area contributed by atoms with Crippen LogP contribution >= 0.6 is 0 Å². The monoisotopic (exact) mass is 227 g/mol. The summed E-state index contributed by atoms with van der Waals surface area (Å²) >= 11 is 0. The highest BCUT2D eigenvalue weighted by atomic mass is 16.6. The van der Waals surface area contributed by atoms with Crippen molar-refractivity contribution in [2.45, 2.75) is 53.1 Å². The number of ether oxygens (including phenoxy) is 1. The molecule has 3 heteroatoms. The van der Waals surface area contributed by atoms with Crippen molar-refractivity contribution in [2.24, 2.45) is 17.8 Å². The molecule has 0 saturated heterocycles. The van der Waals surface area contributed by atoms with Gasteiger partial charge in [-0.1, -0.05) is 13.8 Å². The summed E-state index contributed by atoms with van der Waals surface area (Å²) in [7, 11) is 0. The molecular weight excluding hydrogens is 202 g/mol. The van der Waals surface area contributed by atoms with Gasteiger partial charge in [0.1, 0.15) is 5.60 Å². The summed E-state index contributed by atoms with van der Waals surface area (Å²) in [4.78, 5) is 11.4. The maximum absolute atomic E-state index is 11.4. The number of nitrogens with one attached hydrogen (secondary N) is 1. The third kappa shape index (κ3) is 5.38. The Morgan fingerprint density at radius 2 is 2.00 bits per heavy atom. The van der Waals surface area contributed by atoms with Crippen molar-refractivity contribution in [1.29, 1.82) is 0 Å². The highest BCUT2D eigenvalue weighted by molar-refractivity contribution is 5.67. The Hall–Kier alpha value is -0.730. The van der Waals surface area contributed by atoms with E-state index in [-0.39, 0.29) is 6.09 Å². The lowest BCUT2D eigenvalue weighted by Crippen LogP contribution is -2.33. The molecule has 0 bridgehead atoms. The van der Waals surface area contributed by atoms with Gasteiger partial charge in [0.05, 0.1) is 0 Å². The normalized spacial score (nSPS) is 24.4. The van der Waals surface area contributed by atoms with Crippen LogP contribution in [-0.4, -0.2) is 18.2 Å². The first-order valence-corrected chi connectivity index (χ1v) is 6.25. The Balaban J connectivity index is 2.11. The third-order valence-electron chi connectivity index (χ3n) is 2.75. The summed E-state index contributed by atoms with van der Waals surface area (Å²) in [5, 5.41) is 2.84. The highest BCUT2D eigenvalue weighted by Gasteiger charge is 2.37. The highest BCUT2D eigenvalue weighted by Crippen LogP contribution is 2.42. The molecular formula is C13H25NO2. The quantitative estimate of drug-likeness (QED) is 0.801. The van der Waals surface area contributed by atoms with E-state index in [2.05, 4.69) is 19.2 Å². The third-order valence-corrected chi connectivity index (χ3v) is 2.75. The van der Waals surface area contributed by atoms with E-state index >= 15 is 0 Å². The zero-order valence-electron chi connectivity index (χ0n) is 11.2. The van der Waals surface area contributed by atoms with Gasteiger partial charge in [0.15, 0.2) is 0 Å². The van der Waals surface area contributed by atoms with Crippen LogP contribution in [0.3, 0.4) is 0 Å². The zero-order chi connectivity index (χ0) is 12.3. The molecule has 1 fully saturated rings. The van der Waals surface area contributed by atoms with E-state index in [0.717, 1.165) is 18.4 Å². The summed E-state index contributed by atoms with van der Waals surface area (Å²) in [6.07, 6.45) is 2.25. The molecule has 0 aromatic heterocycles. The molecule has 1 N–H and O–H groups in total. The number of hydrogen-bond acceptors (Lipinski definition) is 2. The Bertz CT molecular complexity index is 243. The lowest BCUT2D eigenvalue weighted by Gasteiger charge is -2.19. The van der Waals surface area contributed by atoms with Crippen molar-refractivity contribution >= 4 is 6.09 Å². The van der Waals surface area contributed by atoms with Crippen LogP contribution in [0.15, 0.2) is 0 Å². The number of carbonyl (C=O) groups excluding carboxylic acids is 1. The Kier molecular flexibility index (Phi) is 4.22. The van der Waals surface area contributed by atoms with Gasteiger partial charge in [0.25, 0.3) is 0 Å². The fourth-order valence-corrected chi connectivity index (χ4v) is 1.98. The summed E-state index contributed by atoms with van der Waals surface area (Å²) in [5.41, 5.74) is -0.398. The molecule has 3 nitrogen and oxygen atoms in total. The van der Waals surface area contributed by atoms with Crippen LogP contribution in [0.2, 0.25) is 0 Å². The van der Waals surface area contributed by atoms with E-state index < -0.39 is 5.60 Å². The first-order chi connectivity index (χ1) is 7.28. The molecule has 0 heterocycles. The van der Waals surface area contributed by atoms with Gasteiger partial charge in [-0.3, -0.25) is 0 Å². The molecule has 1 rings (SSSR count). The van der Waals surface area contributed by atoms with Crippen LogP contribution in [0.5, 0.6) is 0 Å². The van der Waals surface area contributed by atoms with Crippen LogP contribution in [-0.2, 0) is 4.74 Å². The van der Waals surface area contributed by atoms with Crippen LogP contribution in [0.1, 0.15) is 47.5 Å². The maximum Gasteiger partial charge on any atom is 0.407 e. The minimum atomic E-state index is -0.398. The van der Waals surface area contributed by atoms with Gasteiger partial charge in [0, 0.05) is 6.54 Å². The molecule has 1 amide bonds. The SMILES string of the molecule is CC(C)CC1CC1CNC(=O)OC(C)(C)C. The molecule has 1 aliphatic rings. The van der Waals surface area contributed by atoms with Crippen molar-refractivity contribution in [2.75, 3.05) is 6.54 Å². The van der Waals surface area contributed by atoms with E-state index in [1.54, 1.807) is 0 Å². The van der Waals surface area contributed by atoms with E-state index in [0.29, 0.717) is 5.92 Å². The number of carbonyl (C=O) groups is 1. The second-order valence-electron chi connectivity index (χ2n) is 6.27. The van der Waals surface area contributed by atoms with E-state index in [1.807, 2.05) is 20.8 Å². The minimum absolute atomic E-state index is 0.289. The molecule has 0 spiro atoms. The summed E-state index contributed by atoms with van der Waals surface area (Å²) < 4.78 is 5.18. The Morgan fingerprint density at radius 1 is 1.38 bits per heavy atom. The van der Waals surface area contributed by atoms with E-state index in [1.165, 1.54) is 12.8 Å². The second kappa shape index (κ2) is 5.07. The molecule has 0 radical (unpaired) electrons. The minimum Gasteiger partial charge on any atom is -0.444 e. The molecule has 1 aliphatic carbocycles. The maximum atomic E-state index is 11.4. The van der Waals surface area contributed by atoms with E-state index in [9.17, 15) is 4.79 Å². The lowest BCUT2D eigenvalue weighted by atomic mass is 10.1. The predicted molar refractivity (Wildman–Crippen MR) is 65.3 cm³/mol. The summed E-state index contributed by atoms with van der Waals surface area (Å²) in [6.45, 7) is 10.9. The van der Waals surface area contributed by atoms with Gasteiger partial charge in [-0.2, -0.15) is 0 Å². The first-order valence-electron chi connectivity index (χ1n) is 6.25. The molecule has 2 atom stereocenters. The molecule has 94 valence electrons. The lowest BCUT2D eigenvalue weighted by molar-refractivity contribution is 0.0524. The van der Waals surface area contributed by atoms with Crippen molar-refractivity contribution in [3.8, 4) is 0 Å². The molecule has 2 unspecified atom stereocenters. The first kappa shape index (κ1) is 13.3.